The smallest absolute Gasteiger partial charge is 0.216 e. The molecule has 8 nitrogen and oxygen atoms in total. The third-order valence-electron chi connectivity index (χ3n) is 4.56. The normalized spacial score (nSPS) is 19.4. The second-order valence-electron chi connectivity index (χ2n) is 6.36. The number of halogens is 1. The molecule has 2 aromatic heterocycles. The third-order valence-corrected chi connectivity index (χ3v) is 4.56. The van der Waals surface area contributed by atoms with Crippen LogP contribution >= 0.6 is 0 Å². The van der Waals surface area contributed by atoms with Gasteiger partial charge in [-0.1, -0.05) is 18.2 Å². The lowest BCUT2D eigenvalue weighted by atomic mass is 10.2. The van der Waals surface area contributed by atoms with Gasteiger partial charge < -0.3 is 19.6 Å². The Balaban J connectivity index is 1.42. The summed E-state index contributed by atoms with van der Waals surface area (Å²) in [7, 11) is 0. The van der Waals surface area contributed by atoms with Gasteiger partial charge >= 0.3 is 0 Å². The number of benzene rings is 1. The number of hydrogen-bond donors (Lipinski definition) is 2. The van der Waals surface area contributed by atoms with E-state index in [-0.39, 0.29) is 18.5 Å². The number of aryl methyl sites for hydroxylation is 1. The molecule has 4 rings (SSSR count). The molecule has 1 aliphatic rings. The number of fused-ring (bicyclic) bond motifs is 1. The first-order valence-electron chi connectivity index (χ1n) is 8.68. The molecular weight excluding hydrogens is 353 g/mol. The summed E-state index contributed by atoms with van der Waals surface area (Å²) in [4.78, 5) is 17.7. The molecule has 1 unspecified atom stereocenters. The zero-order valence-electron chi connectivity index (χ0n) is 14.8. The van der Waals surface area contributed by atoms with Crippen LogP contribution in [0.15, 0.2) is 30.6 Å². The Bertz CT molecular complexity index is 934. The van der Waals surface area contributed by atoms with Gasteiger partial charge in [0.2, 0.25) is 6.41 Å². The van der Waals surface area contributed by atoms with Crippen molar-refractivity contribution in [1.29, 1.82) is 0 Å². The highest BCUT2D eigenvalue weighted by Gasteiger charge is 2.29. The number of aliphatic hydroxyl groups excluding tert-OH is 1. The van der Waals surface area contributed by atoms with Crippen molar-refractivity contribution in [3.8, 4) is 0 Å². The summed E-state index contributed by atoms with van der Waals surface area (Å²) in [5.41, 5.74) is 2.55. The van der Waals surface area contributed by atoms with E-state index in [1.54, 1.807) is 23.1 Å². The zero-order valence-corrected chi connectivity index (χ0v) is 14.8. The number of imidazole rings is 1. The number of ether oxygens (including phenoxy) is 2. The van der Waals surface area contributed by atoms with Crippen LogP contribution in [-0.2, 0) is 16.1 Å². The Labute approximate surface area is 155 Å². The summed E-state index contributed by atoms with van der Waals surface area (Å²) in [5.74, 6) is 0.267. The molecule has 1 aromatic carbocycles. The van der Waals surface area contributed by atoms with Gasteiger partial charge in [-0.25, -0.2) is 24.2 Å². The van der Waals surface area contributed by atoms with Crippen molar-refractivity contribution in [3.05, 3.63) is 53.5 Å². The quantitative estimate of drug-likeness (QED) is 0.657. The van der Waals surface area contributed by atoms with Gasteiger partial charge in [-0.05, 0) is 13.0 Å². The first kappa shape index (κ1) is 17.9. The lowest BCUT2D eigenvalue weighted by Gasteiger charge is -2.34. The Hall–Kier alpha value is -2.46. The van der Waals surface area contributed by atoms with Crippen LogP contribution in [0.2, 0.25) is 0 Å². The first-order chi connectivity index (χ1) is 13.1. The van der Waals surface area contributed by atoms with E-state index in [0.717, 1.165) is 11.2 Å². The second kappa shape index (κ2) is 7.65. The van der Waals surface area contributed by atoms with Gasteiger partial charge in [0.15, 0.2) is 5.65 Å². The third kappa shape index (κ3) is 3.81. The molecule has 27 heavy (non-hydrogen) atoms. The number of rotatable bonds is 5. The highest BCUT2D eigenvalue weighted by molar-refractivity contribution is 5.72. The molecule has 1 fully saturated rings. The van der Waals surface area contributed by atoms with Crippen LogP contribution in [0.1, 0.15) is 23.2 Å². The van der Waals surface area contributed by atoms with Crippen molar-refractivity contribution in [3.63, 3.8) is 0 Å². The minimum absolute atomic E-state index is 0.0186. The van der Waals surface area contributed by atoms with Crippen LogP contribution in [0.4, 0.5) is 4.39 Å². The van der Waals surface area contributed by atoms with Gasteiger partial charge in [0, 0.05) is 18.7 Å². The van der Waals surface area contributed by atoms with E-state index in [4.69, 9.17) is 9.47 Å². The lowest BCUT2D eigenvalue weighted by Crippen LogP contribution is -2.46. The highest BCUT2D eigenvalue weighted by atomic mass is 19.1. The predicted molar refractivity (Wildman–Crippen MR) is 93.9 cm³/mol. The standard InChI is InChI=1S/C18H20FN5O3/c1-11-15-17(21-10-20-11)23-16(22-15)14-8-24(6-7-26-14)18(25)27-9-12-4-2-3-5-13(12)19/h2-5,10,14,18,25H,6-9H2,1H3,(H,20,21,22,23)/t14-,18?/m0/s1. The molecule has 9 heteroatoms. The maximum absolute atomic E-state index is 13.7. The Morgan fingerprint density at radius 2 is 2.26 bits per heavy atom. The molecule has 3 aromatic rings. The van der Waals surface area contributed by atoms with Crippen molar-refractivity contribution < 1.29 is 19.0 Å². The van der Waals surface area contributed by atoms with E-state index in [2.05, 4.69) is 19.9 Å². The van der Waals surface area contributed by atoms with Crippen LogP contribution < -0.4 is 0 Å². The minimum atomic E-state index is -1.16. The zero-order chi connectivity index (χ0) is 18.8. The summed E-state index contributed by atoms with van der Waals surface area (Å²) >= 11 is 0. The number of H-pyrrole nitrogens is 1. The first-order valence-corrected chi connectivity index (χ1v) is 8.68. The van der Waals surface area contributed by atoms with Gasteiger partial charge in [0.25, 0.3) is 0 Å². The molecule has 0 radical (unpaired) electrons. The summed E-state index contributed by atoms with van der Waals surface area (Å²) in [6.07, 6.45) is -0.0580. The number of nitrogens with zero attached hydrogens (tertiary/aromatic N) is 4. The summed E-state index contributed by atoms with van der Waals surface area (Å²) in [6.45, 7) is 3.14. The molecule has 0 bridgehead atoms. The van der Waals surface area contributed by atoms with E-state index in [0.29, 0.717) is 36.7 Å². The lowest BCUT2D eigenvalue weighted by molar-refractivity contribution is -0.225. The van der Waals surface area contributed by atoms with Crippen molar-refractivity contribution in [1.82, 2.24) is 24.8 Å². The van der Waals surface area contributed by atoms with Crippen molar-refractivity contribution in [2.45, 2.75) is 26.0 Å². The van der Waals surface area contributed by atoms with E-state index in [1.807, 2.05) is 6.92 Å². The van der Waals surface area contributed by atoms with Gasteiger partial charge in [0.1, 0.15) is 29.6 Å². The van der Waals surface area contributed by atoms with Crippen LogP contribution in [0.25, 0.3) is 11.2 Å². The molecule has 0 aliphatic carbocycles. The number of aromatic nitrogens is 4. The molecule has 1 saturated heterocycles. The number of aliphatic hydroxyl groups is 1. The SMILES string of the molecule is Cc1ncnc2nc([C@@H]3CN(C(O)OCc4ccccc4F)CCO3)[nH]c12. The van der Waals surface area contributed by atoms with E-state index in [1.165, 1.54) is 12.4 Å². The number of hydrogen-bond acceptors (Lipinski definition) is 7. The molecule has 1 aliphatic heterocycles. The van der Waals surface area contributed by atoms with Gasteiger partial charge in [-0.3, -0.25) is 0 Å². The van der Waals surface area contributed by atoms with Gasteiger partial charge in [-0.2, -0.15) is 0 Å². The van der Waals surface area contributed by atoms with Crippen LogP contribution in [-0.4, -0.2) is 56.1 Å². The van der Waals surface area contributed by atoms with Crippen molar-refractivity contribution >= 4 is 11.2 Å². The van der Waals surface area contributed by atoms with Crippen molar-refractivity contribution in [2.75, 3.05) is 19.7 Å². The van der Waals surface area contributed by atoms with E-state index < -0.39 is 6.41 Å². The fourth-order valence-electron chi connectivity index (χ4n) is 3.04. The minimum Gasteiger partial charge on any atom is -0.368 e. The van der Waals surface area contributed by atoms with Gasteiger partial charge in [0.05, 0.1) is 18.9 Å². The van der Waals surface area contributed by atoms with Crippen molar-refractivity contribution in [2.24, 2.45) is 0 Å². The van der Waals surface area contributed by atoms with Gasteiger partial charge in [-0.15, -0.1) is 0 Å². The molecule has 0 saturated carbocycles. The number of aromatic amines is 1. The largest absolute Gasteiger partial charge is 0.368 e. The number of nitrogens with one attached hydrogen (secondary N) is 1. The van der Waals surface area contributed by atoms with Crippen LogP contribution in [0.5, 0.6) is 0 Å². The average molecular weight is 373 g/mol. The van der Waals surface area contributed by atoms with Crippen LogP contribution in [0, 0.1) is 12.7 Å². The molecule has 0 amide bonds. The maximum Gasteiger partial charge on any atom is 0.216 e. The Morgan fingerprint density at radius 3 is 3.07 bits per heavy atom. The second-order valence-corrected chi connectivity index (χ2v) is 6.36. The molecule has 2 atom stereocenters. The fraction of sp³-hybridized carbons (Fsp3) is 0.389. The monoisotopic (exact) mass is 373 g/mol. The maximum atomic E-state index is 13.7. The molecule has 2 N–H and O–H groups in total. The molecular formula is C18H20FN5O3. The molecule has 142 valence electrons. The summed E-state index contributed by atoms with van der Waals surface area (Å²) in [6, 6.07) is 6.33. The molecule has 3 heterocycles. The summed E-state index contributed by atoms with van der Waals surface area (Å²) in [5, 5.41) is 10.3. The van der Waals surface area contributed by atoms with E-state index in [9.17, 15) is 9.50 Å². The number of morpholine rings is 1. The topological polar surface area (TPSA) is 96.4 Å². The molecule has 0 spiro atoms. The highest BCUT2D eigenvalue weighted by Crippen LogP contribution is 2.24. The summed E-state index contributed by atoms with van der Waals surface area (Å²) < 4.78 is 24.9. The Morgan fingerprint density at radius 1 is 1.41 bits per heavy atom. The van der Waals surface area contributed by atoms with E-state index >= 15 is 0 Å². The Kier molecular flexibility index (Phi) is 5.08. The average Bonchev–Trinajstić information content (AvgIpc) is 3.13. The van der Waals surface area contributed by atoms with Crippen LogP contribution in [0.3, 0.4) is 0 Å². The fourth-order valence-corrected chi connectivity index (χ4v) is 3.04. The predicted octanol–water partition coefficient (Wildman–Crippen LogP) is 1.67.